The number of nitrogens with zero attached hydrogens (tertiary/aromatic N) is 6. The Labute approximate surface area is 239 Å². The maximum atomic E-state index is 13.9. The molecule has 2 saturated heterocycles. The van der Waals surface area contributed by atoms with E-state index in [1.165, 1.54) is 4.90 Å². The summed E-state index contributed by atoms with van der Waals surface area (Å²) in [6.07, 6.45) is 3.27. The third-order valence-corrected chi connectivity index (χ3v) is 8.16. The van der Waals surface area contributed by atoms with Gasteiger partial charge >= 0.3 is 0 Å². The molecule has 2 aromatic rings. The van der Waals surface area contributed by atoms with E-state index in [1.54, 1.807) is 9.58 Å². The number of hydrogen-bond donors (Lipinski definition) is 2. The number of nitrogens with one attached hydrogen (secondary N) is 1. The maximum Gasteiger partial charge on any atom is 0.248 e. The van der Waals surface area contributed by atoms with Crippen molar-refractivity contribution in [3.8, 4) is 0 Å². The minimum Gasteiger partial charge on any atom is -0.391 e. The van der Waals surface area contributed by atoms with Gasteiger partial charge in [-0.1, -0.05) is 43.7 Å². The lowest BCUT2D eigenvalue weighted by molar-refractivity contribution is -0.144. The fraction of sp³-hybridized carbons (Fsp3) is 0.607. The van der Waals surface area contributed by atoms with Gasteiger partial charge in [0.1, 0.15) is 12.1 Å². The lowest BCUT2D eigenvalue weighted by Gasteiger charge is -2.36. The smallest absolute Gasteiger partial charge is 0.248 e. The highest BCUT2D eigenvalue weighted by Crippen LogP contribution is 2.40. The molecule has 3 heterocycles. The van der Waals surface area contributed by atoms with Gasteiger partial charge in [0.05, 0.1) is 18.3 Å². The van der Waals surface area contributed by atoms with Crippen LogP contribution in [0.15, 0.2) is 30.5 Å². The highest BCUT2D eigenvalue weighted by Gasteiger charge is 2.45. The second kappa shape index (κ2) is 11.4. The summed E-state index contributed by atoms with van der Waals surface area (Å²) in [6, 6.07) is 6.07. The first-order valence-corrected chi connectivity index (χ1v) is 14.4. The minimum atomic E-state index is -0.869. The van der Waals surface area contributed by atoms with E-state index in [2.05, 4.69) is 20.5 Å². The first-order chi connectivity index (χ1) is 19.0. The molecule has 0 spiro atoms. The average Bonchev–Trinajstić information content (AvgIpc) is 3.52. The lowest BCUT2D eigenvalue weighted by Crippen LogP contribution is -2.54. The van der Waals surface area contributed by atoms with Crippen LogP contribution < -0.4 is 10.2 Å². The standard InChI is InChI=1S/C28H38ClN7O4/c1-28(2,3)25(36-17-22(31-32-36)18-7-8-18)27(40)35-16-21(37)14-23(35)26(39)30-15-24(38)34-11-9-33(10-12-34)20-6-4-5-19(29)13-20/h4-6,13,17-18,21,23,25,37H,7-12,14-16H2,1-3H3,(H,30,39)/t21?,23?,25-/m1/s1. The Hall–Kier alpha value is -3.18. The number of halogens is 1. The molecule has 216 valence electrons. The summed E-state index contributed by atoms with van der Waals surface area (Å²) in [5.41, 5.74) is 1.38. The van der Waals surface area contributed by atoms with Gasteiger partial charge in [0.15, 0.2) is 0 Å². The monoisotopic (exact) mass is 571 g/mol. The van der Waals surface area contributed by atoms with E-state index in [-0.39, 0.29) is 31.3 Å². The predicted octanol–water partition coefficient (Wildman–Crippen LogP) is 1.82. The molecule has 2 aliphatic heterocycles. The molecular formula is C28H38ClN7O4. The number of hydrogen-bond acceptors (Lipinski definition) is 7. The number of piperazine rings is 1. The SMILES string of the molecule is CC(C)(C)[C@@H](C(=O)N1CC(O)CC1C(=O)NCC(=O)N1CCN(c2cccc(Cl)c2)CC1)n1cc(C2CC2)nn1. The normalized spacial score (nSPS) is 22.4. The van der Waals surface area contributed by atoms with Crippen LogP contribution in [0.4, 0.5) is 5.69 Å². The highest BCUT2D eigenvalue weighted by atomic mass is 35.5. The molecule has 2 unspecified atom stereocenters. The van der Waals surface area contributed by atoms with Gasteiger partial charge in [0.25, 0.3) is 0 Å². The number of aliphatic hydroxyl groups excluding tert-OH is 1. The molecule has 3 fully saturated rings. The van der Waals surface area contributed by atoms with Gasteiger partial charge in [-0.3, -0.25) is 14.4 Å². The van der Waals surface area contributed by atoms with E-state index in [0.29, 0.717) is 37.1 Å². The van der Waals surface area contributed by atoms with Crippen LogP contribution >= 0.6 is 11.6 Å². The third-order valence-electron chi connectivity index (χ3n) is 7.93. The van der Waals surface area contributed by atoms with E-state index in [1.807, 2.05) is 51.2 Å². The summed E-state index contributed by atoms with van der Waals surface area (Å²) in [6.45, 7) is 8.10. The molecule has 2 N–H and O–H groups in total. The first-order valence-electron chi connectivity index (χ1n) is 14.0. The zero-order valence-corrected chi connectivity index (χ0v) is 24.0. The van der Waals surface area contributed by atoms with Crippen LogP contribution in [0, 0.1) is 5.41 Å². The Bertz CT molecular complexity index is 1250. The van der Waals surface area contributed by atoms with Crippen molar-refractivity contribution in [2.75, 3.05) is 44.2 Å². The second-order valence-electron chi connectivity index (χ2n) is 12.1. The number of aromatic nitrogens is 3. The Morgan fingerprint density at radius 3 is 2.52 bits per heavy atom. The lowest BCUT2D eigenvalue weighted by atomic mass is 9.85. The summed E-state index contributed by atoms with van der Waals surface area (Å²) >= 11 is 6.11. The van der Waals surface area contributed by atoms with Crippen LogP contribution in [0.5, 0.6) is 0 Å². The number of aliphatic hydroxyl groups is 1. The molecule has 12 heteroatoms. The van der Waals surface area contributed by atoms with Gasteiger partial charge in [-0.05, 0) is 36.5 Å². The third kappa shape index (κ3) is 6.25. The minimum absolute atomic E-state index is 0.0487. The van der Waals surface area contributed by atoms with Crippen molar-refractivity contribution in [3.63, 3.8) is 0 Å². The molecular weight excluding hydrogens is 534 g/mol. The van der Waals surface area contributed by atoms with Crippen LogP contribution in [0.25, 0.3) is 0 Å². The molecule has 1 aromatic carbocycles. The summed E-state index contributed by atoms with van der Waals surface area (Å²) < 4.78 is 1.60. The number of benzene rings is 1. The van der Waals surface area contributed by atoms with Crippen molar-refractivity contribution in [1.82, 2.24) is 30.1 Å². The second-order valence-corrected chi connectivity index (χ2v) is 12.6. The van der Waals surface area contributed by atoms with Crippen LogP contribution in [0.2, 0.25) is 5.02 Å². The van der Waals surface area contributed by atoms with E-state index >= 15 is 0 Å². The predicted molar refractivity (Wildman–Crippen MR) is 150 cm³/mol. The molecule has 3 atom stereocenters. The molecule has 0 bridgehead atoms. The molecule has 1 saturated carbocycles. The fourth-order valence-electron chi connectivity index (χ4n) is 5.61. The van der Waals surface area contributed by atoms with E-state index < -0.39 is 29.5 Å². The van der Waals surface area contributed by atoms with Gasteiger partial charge < -0.3 is 25.1 Å². The van der Waals surface area contributed by atoms with Crippen molar-refractivity contribution in [2.45, 2.75) is 64.1 Å². The number of carbonyl (C=O) groups is 3. The first kappa shape index (κ1) is 28.4. The molecule has 1 aliphatic carbocycles. The van der Waals surface area contributed by atoms with Crippen molar-refractivity contribution >= 4 is 35.0 Å². The van der Waals surface area contributed by atoms with Gasteiger partial charge in [-0.15, -0.1) is 5.10 Å². The summed E-state index contributed by atoms with van der Waals surface area (Å²) in [4.78, 5) is 45.3. The number of β-amino-alcohol motifs (C(OH)–C–C–N with tert-alkyl or cyclic N) is 1. The number of anilines is 1. The Morgan fingerprint density at radius 1 is 1.15 bits per heavy atom. The molecule has 40 heavy (non-hydrogen) atoms. The van der Waals surface area contributed by atoms with Crippen molar-refractivity contribution in [1.29, 1.82) is 0 Å². The van der Waals surface area contributed by atoms with Crippen LogP contribution in [-0.4, -0.2) is 99.0 Å². The van der Waals surface area contributed by atoms with Gasteiger partial charge in [0.2, 0.25) is 17.7 Å². The van der Waals surface area contributed by atoms with Crippen molar-refractivity contribution in [3.05, 3.63) is 41.2 Å². The Kier molecular flexibility index (Phi) is 8.05. The number of likely N-dealkylation sites (tertiary alicyclic amines) is 1. The van der Waals surface area contributed by atoms with Crippen molar-refractivity contribution < 1.29 is 19.5 Å². The van der Waals surface area contributed by atoms with Gasteiger partial charge in [-0.25, -0.2) is 4.68 Å². The number of carbonyl (C=O) groups excluding carboxylic acids is 3. The molecule has 1 aromatic heterocycles. The van der Waals surface area contributed by atoms with Crippen LogP contribution in [0.3, 0.4) is 0 Å². The molecule has 11 nitrogen and oxygen atoms in total. The Balaban J connectivity index is 1.19. The summed E-state index contributed by atoms with van der Waals surface area (Å²) in [5.74, 6) is -0.520. The largest absolute Gasteiger partial charge is 0.391 e. The molecule has 3 aliphatic rings. The van der Waals surface area contributed by atoms with Crippen LogP contribution in [-0.2, 0) is 14.4 Å². The van der Waals surface area contributed by atoms with E-state index in [4.69, 9.17) is 11.6 Å². The average molecular weight is 572 g/mol. The zero-order chi connectivity index (χ0) is 28.6. The maximum absolute atomic E-state index is 13.9. The quantitative estimate of drug-likeness (QED) is 0.519. The molecule has 0 radical (unpaired) electrons. The molecule has 3 amide bonds. The highest BCUT2D eigenvalue weighted by molar-refractivity contribution is 6.30. The zero-order valence-electron chi connectivity index (χ0n) is 23.3. The van der Waals surface area contributed by atoms with Crippen molar-refractivity contribution in [2.24, 2.45) is 5.41 Å². The molecule has 5 rings (SSSR count). The number of amides is 3. The van der Waals surface area contributed by atoms with E-state index in [9.17, 15) is 19.5 Å². The van der Waals surface area contributed by atoms with Gasteiger partial charge in [-0.2, -0.15) is 0 Å². The van der Waals surface area contributed by atoms with Gasteiger partial charge in [0, 0.05) is 62.0 Å². The fourth-order valence-corrected chi connectivity index (χ4v) is 5.79. The number of rotatable bonds is 7. The van der Waals surface area contributed by atoms with Crippen LogP contribution in [0.1, 0.15) is 57.7 Å². The topological polar surface area (TPSA) is 124 Å². The Morgan fingerprint density at radius 2 is 1.88 bits per heavy atom. The summed E-state index contributed by atoms with van der Waals surface area (Å²) in [5, 5.41) is 22.4. The van der Waals surface area contributed by atoms with E-state index in [0.717, 1.165) is 24.2 Å². The summed E-state index contributed by atoms with van der Waals surface area (Å²) in [7, 11) is 0.